The Morgan fingerprint density at radius 1 is 1.06 bits per heavy atom. The Kier molecular flexibility index (Phi) is 6.10. The van der Waals surface area contributed by atoms with E-state index in [4.69, 9.17) is 16.6 Å². The molecule has 2 aromatic heterocycles. The molecule has 0 saturated heterocycles. The first-order valence-electron chi connectivity index (χ1n) is 10.4. The van der Waals surface area contributed by atoms with Gasteiger partial charge in [0.15, 0.2) is 5.65 Å². The first-order valence-corrected chi connectivity index (χ1v) is 10.8. The molecule has 2 aromatic carbocycles. The maximum absolute atomic E-state index is 12.4. The van der Waals surface area contributed by atoms with Crippen LogP contribution in [-0.2, 0) is 16.0 Å². The number of carbonyl (C=O) groups excluding carboxylic acids is 2. The highest BCUT2D eigenvalue weighted by Gasteiger charge is 2.15. The summed E-state index contributed by atoms with van der Waals surface area (Å²) in [5.74, 6) is -0.539. The van der Waals surface area contributed by atoms with Crippen LogP contribution in [0.4, 0.5) is 5.69 Å². The highest BCUT2D eigenvalue weighted by molar-refractivity contribution is 6.33. The Morgan fingerprint density at radius 3 is 2.62 bits per heavy atom. The fourth-order valence-corrected chi connectivity index (χ4v) is 4.04. The molecule has 2 heterocycles. The quantitative estimate of drug-likeness (QED) is 0.463. The van der Waals surface area contributed by atoms with E-state index in [0.717, 1.165) is 39.1 Å². The molecule has 4 aromatic rings. The van der Waals surface area contributed by atoms with Gasteiger partial charge in [-0.3, -0.25) is 9.59 Å². The molecule has 0 aliphatic rings. The van der Waals surface area contributed by atoms with Crippen LogP contribution in [0.25, 0.3) is 16.6 Å². The number of anilines is 1. The Balaban J connectivity index is 1.38. The molecular formula is C24H24ClN5O2. The van der Waals surface area contributed by atoms with Crippen LogP contribution in [0.5, 0.6) is 0 Å². The monoisotopic (exact) mass is 449 g/mol. The highest BCUT2D eigenvalue weighted by atomic mass is 35.5. The van der Waals surface area contributed by atoms with Crippen LogP contribution in [0.15, 0.2) is 42.5 Å². The van der Waals surface area contributed by atoms with Crippen LogP contribution in [-0.4, -0.2) is 33.0 Å². The number of hydrogen-bond acceptors (Lipinski definition) is 4. The number of aromatic nitrogens is 3. The topological polar surface area (TPSA) is 88.4 Å². The number of benzene rings is 2. The summed E-state index contributed by atoms with van der Waals surface area (Å²) in [5, 5.41) is 11.5. The third kappa shape index (κ3) is 4.43. The average Bonchev–Trinajstić information content (AvgIpc) is 3.13. The zero-order valence-electron chi connectivity index (χ0n) is 18.2. The molecule has 32 heavy (non-hydrogen) atoms. The van der Waals surface area contributed by atoms with Gasteiger partial charge in [0.1, 0.15) is 0 Å². The van der Waals surface area contributed by atoms with Crippen molar-refractivity contribution >= 4 is 45.7 Å². The van der Waals surface area contributed by atoms with Gasteiger partial charge in [-0.25, -0.2) is 9.50 Å². The summed E-state index contributed by atoms with van der Waals surface area (Å²) >= 11 is 6.14. The van der Waals surface area contributed by atoms with Crippen LogP contribution in [0.3, 0.4) is 0 Å². The molecule has 0 aliphatic heterocycles. The van der Waals surface area contributed by atoms with Gasteiger partial charge in [-0.1, -0.05) is 29.8 Å². The fraction of sp³-hybridized carbons (Fsp3) is 0.250. The minimum atomic E-state index is -0.331. The minimum absolute atomic E-state index is 0.122. The van der Waals surface area contributed by atoms with Crippen molar-refractivity contribution in [3.8, 4) is 0 Å². The molecule has 2 N–H and O–H groups in total. The van der Waals surface area contributed by atoms with Crippen LogP contribution >= 0.6 is 11.6 Å². The zero-order valence-corrected chi connectivity index (χ0v) is 19.0. The standard InChI is InChI=1S/C24H24ClN5O2/c1-14-8-10-21(19(25)12-14)28-23(32)13-26-22(31)11-9-17-15(2)27-24-18-6-4-5-7-20(18)29-30(24)16(17)3/h4-8,10,12H,9,11,13H2,1-3H3,(H,26,31)(H,28,32). The normalized spacial score (nSPS) is 11.1. The lowest BCUT2D eigenvalue weighted by Gasteiger charge is -2.12. The lowest BCUT2D eigenvalue weighted by atomic mass is 10.1. The van der Waals surface area contributed by atoms with Gasteiger partial charge >= 0.3 is 0 Å². The van der Waals surface area contributed by atoms with Gasteiger partial charge in [0.2, 0.25) is 11.8 Å². The third-order valence-electron chi connectivity index (χ3n) is 5.46. The van der Waals surface area contributed by atoms with Gasteiger partial charge in [-0.2, -0.15) is 5.10 Å². The first kappa shape index (κ1) is 21.8. The number of nitrogens with zero attached hydrogens (tertiary/aromatic N) is 3. The molecular weight excluding hydrogens is 426 g/mol. The van der Waals surface area contributed by atoms with Crippen molar-refractivity contribution < 1.29 is 9.59 Å². The van der Waals surface area contributed by atoms with E-state index < -0.39 is 0 Å². The van der Waals surface area contributed by atoms with E-state index in [1.807, 2.05) is 55.6 Å². The Hall–Kier alpha value is -3.45. The molecule has 0 fully saturated rings. The number of aryl methyl sites for hydroxylation is 3. The van der Waals surface area contributed by atoms with E-state index >= 15 is 0 Å². The fourth-order valence-electron chi connectivity index (χ4n) is 3.76. The molecule has 7 nitrogen and oxygen atoms in total. The molecule has 0 bridgehead atoms. The predicted octanol–water partition coefficient (Wildman–Crippen LogP) is 4.15. The second kappa shape index (κ2) is 8.96. The number of fused-ring (bicyclic) bond motifs is 3. The van der Waals surface area contributed by atoms with Gasteiger partial charge in [0, 0.05) is 23.2 Å². The highest BCUT2D eigenvalue weighted by Crippen LogP contribution is 2.23. The summed E-state index contributed by atoms with van der Waals surface area (Å²) in [6.07, 6.45) is 0.752. The van der Waals surface area contributed by atoms with Crippen molar-refractivity contribution in [3.63, 3.8) is 0 Å². The summed E-state index contributed by atoms with van der Waals surface area (Å²) in [6, 6.07) is 13.3. The Bertz CT molecular complexity index is 1350. The van der Waals surface area contributed by atoms with Crippen molar-refractivity contribution in [2.24, 2.45) is 0 Å². The van der Waals surface area contributed by atoms with Crippen LogP contribution in [0.2, 0.25) is 5.02 Å². The minimum Gasteiger partial charge on any atom is -0.347 e. The second-order valence-electron chi connectivity index (χ2n) is 7.82. The summed E-state index contributed by atoms with van der Waals surface area (Å²) in [7, 11) is 0. The average molecular weight is 450 g/mol. The van der Waals surface area contributed by atoms with Crippen molar-refractivity contribution in [2.75, 3.05) is 11.9 Å². The number of hydrogen-bond donors (Lipinski definition) is 2. The van der Waals surface area contributed by atoms with Crippen molar-refractivity contribution in [1.29, 1.82) is 0 Å². The Labute approximate surface area is 190 Å². The molecule has 2 amide bonds. The van der Waals surface area contributed by atoms with E-state index in [-0.39, 0.29) is 24.8 Å². The van der Waals surface area contributed by atoms with Gasteiger partial charge in [0.25, 0.3) is 0 Å². The van der Waals surface area contributed by atoms with Gasteiger partial charge < -0.3 is 10.6 Å². The van der Waals surface area contributed by atoms with E-state index in [9.17, 15) is 9.59 Å². The lowest BCUT2D eigenvalue weighted by Crippen LogP contribution is -2.33. The summed E-state index contributed by atoms with van der Waals surface area (Å²) < 4.78 is 1.84. The van der Waals surface area contributed by atoms with Gasteiger partial charge in [-0.15, -0.1) is 0 Å². The molecule has 4 rings (SSSR count). The largest absolute Gasteiger partial charge is 0.347 e. The van der Waals surface area contributed by atoms with E-state index in [2.05, 4.69) is 15.7 Å². The number of carbonyl (C=O) groups is 2. The summed E-state index contributed by atoms with van der Waals surface area (Å²) in [4.78, 5) is 29.2. The maximum Gasteiger partial charge on any atom is 0.243 e. The van der Waals surface area contributed by atoms with Crippen LogP contribution in [0.1, 0.15) is 28.9 Å². The van der Waals surface area contributed by atoms with Gasteiger partial charge in [0.05, 0.1) is 22.8 Å². The Morgan fingerprint density at radius 2 is 1.84 bits per heavy atom. The first-order chi connectivity index (χ1) is 15.3. The zero-order chi connectivity index (χ0) is 22.8. The molecule has 8 heteroatoms. The number of nitrogens with one attached hydrogen (secondary N) is 2. The summed E-state index contributed by atoms with van der Waals surface area (Å²) in [5.41, 5.74) is 6.05. The second-order valence-corrected chi connectivity index (χ2v) is 8.23. The van der Waals surface area contributed by atoms with Crippen LogP contribution < -0.4 is 10.6 Å². The molecule has 164 valence electrons. The maximum atomic E-state index is 12.4. The molecule has 0 aliphatic carbocycles. The third-order valence-corrected chi connectivity index (χ3v) is 5.78. The van der Waals surface area contributed by atoms with E-state index in [1.54, 1.807) is 12.1 Å². The van der Waals surface area contributed by atoms with Crippen molar-refractivity contribution in [3.05, 3.63) is 70.0 Å². The number of rotatable bonds is 6. The summed E-state index contributed by atoms with van der Waals surface area (Å²) in [6.45, 7) is 5.73. The molecule has 0 unspecified atom stereocenters. The SMILES string of the molecule is Cc1ccc(NC(=O)CNC(=O)CCc2c(C)nc3c4ccccc4nn3c2C)c(Cl)c1. The van der Waals surface area contributed by atoms with E-state index in [1.165, 1.54) is 0 Å². The van der Waals surface area contributed by atoms with Crippen molar-refractivity contribution in [2.45, 2.75) is 33.6 Å². The number of amides is 2. The predicted molar refractivity (Wildman–Crippen MR) is 126 cm³/mol. The van der Waals surface area contributed by atoms with Gasteiger partial charge in [-0.05, 0) is 62.6 Å². The van der Waals surface area contributed by atoms with Crippen molar-refractivity contribution in [1.82, 2.24) is 19.9 Å². The van der Waals surface area contributed by atoms with E-state index in [0.29, 0.717) is 17.1 Å². The van der Waals surface area contributed by atoms with Crippen LogP contribution in [0, 0.1) is 20.8 Å². The lowest BCUT2D eigenvalue weighted by molar-refractivity contribution is -0.124. The molecule has 0 atom stereocenters. The molecule has 0 spiro atoms. The number of halogens is 1. The molecule has 0 radical (unpaired) electrons. The smallest absolute Gasteiger partial charge is 0.243 e. The molecule has 0 saturated carbocycles.